The Hall–Kier alpha value is -2.91. The van der Waals surface area contributed by atoms with E-state index in [1.54, 1.807) is 44.2 Å². The maximum atomic E-state index is 11.8. The predicted molar refractivity (Wildman–Crippen MR) is 102 cm³/mol. The number of aliphatic imine (C=N–C) groups is 1. The molecule has 0 aliphatic carbocycles. The average Bonchev–Trinajstić information content (AvgIpc) is 2.54. The van der Waals surface area contributed by atoms with Crippen LogP contribution in [-0.2, 0) is 19.5 Å². The molecule has 7 N–H and O–H groups in total. The molecule has 0 atom stereocenters. The third-order valence-corrected chi connectivity index (χ3v) is 3.92. The second kappa shape index (κ2) is 11.2. The summed E-state index contributed by atoms with van der Waals surface area (Å²) in [7, 11) is 0. The molecule has 0 saturated carbocycles. The molecule has 0 saturated heterocycles. The summed E-state index contributed by atoms with van der Waals surface area (Å²) >= 11 is 0. The zero-order chi connectivity index (χ0) is 18.1. The Bertz CT molecular complexity index is 1090. The van der Waals surface area contributed by atoms with Crippen LogP contribution in [0.3, 0.4) is 0 Å². The fourth-order valence-electron chi connectivity index (χ4n) is 2.74. The smallest absolute Gasteiger partial charge is 0.870 e. The number of hydrogen-bond donors (Lipinski definition) is 0. The van der Waals surface area contributed by atoms with Gasteiger partial charge in [0.15, 0.2) is 5.58 Å². The van der Waals surface area contributed by atoms with E-state index in [0.29, 0.717) is 22.5 Å². The number of aryl methyl sites for hydroxylation is 1. The average molecular weight is 456 g/mol. The first-order chi connectivity index (χ1) is 11.9. The molecule has 0 fully saturated rings. The van der Waals surface area contributed by atoms with Crippen LogP contribution in [0.4, 0.5) is 5.69 Å². The van der Waals surface area contributed by atoms with Crippen LogP contribution < -0.4 is 5.63 Å². The Kier molecular flexibility index (Phi) is 10.9. The van der Waals surface area contributed by atoms with Crippen molar-refractivity contribution >= 4 is 28.3 Å². The molecule has 0 aliphatic heterocycles. The summed E-state index contributed by atoms with van der Waals surface area (Å²) in [4.78, 5) is 27.6. The minimum absolute atomic E-state index is 0. The van der Waals surface area contributed by atoms with Gasteiger partial charge in [-0.1, -0.05) is 12.1 Å². The van der Waals surface area contributed by atoms with Crippen molar-refractivity contribution in [2.45, 2.75) is 13.8 Å². The SMILES string of the molecule is CC(=Nc1ccccc1C(=O)[OH2+])c1c([OH2+])ccc2c(C)cc(=O)oc12.[OH-].[OH-].[OH-].[Zn+2]. The number of carbonyl (C=O) groups is 1. The first-order valence-electron chi connectivity index (χ1n) is 7.58. The third kappa shape index (κ3) is 5.55. The number of benzene rings is 2. The van der Waals surface area contributed by atoms with Gasteiger partial charge in [0.25, 0.3) is 5.75 Å². The largest absolute Gasteiger partial charge is 2.00 e. The Morgan fingerprint density at radius 1 is 1.07 bits per heavy atom. The Balaban J connectivity index is 0. The molecule has 0 radical (unpaired) electrons. The van der Waals surface area contributed by atoms with Crippen LogP contribution in [-0.4, -0.2) is 38.3 Å². The van der Waals surface area contributed by atoms with E-state index in [9.17, 15) is 9.59 Å². The van der Waals surface area contributed by atoms with Crippen molar-refractivity contribution in [2.75, 3.05) is 0 Å². The van der Waals surface area contributed by atoms with E-state index in [2.05, 4.69) is 4.99 Å². The van der Waals surface area contributed by atoms with Gasteiger partial charge in [-0.15, -0.1) is 0 Å². The number of hydrogen-bond acceptors (Lipinski definition) is 7. The summed E-state index contributed by atoms with van der Waals surface area (Å²) in [6, 6.07) is 11.3. The molecule has 0 spiro atoms. The number of rotatable bonds is 3. The Labute approximate surface area is 178 Å². The maximum Gasteiger partial charge on any atom is 2.00 e. The normalized spacial score (nSPS) is 10.1. The number of fused-ring (bicyclic) bond motifs is 1. The zero-order valence-corrected chi connectivity index (χ0v) is 18.7. The molecule has 0 unspecified atom stereocenters. The van der Waals surface area contributed by atoms with E-state index in [1.807, 2.05) is 0 Å². The van der Waals surface area contributed by atoms with Gasteiger partial charge in [-0.05, 0) is 37.6 Å². The summed E-state index contributed by atoms with van der Waals surface area (Å²) in [5.41, 5.74) is 1.89. The van der Waals surface area contributed by atoms with Crippen LogP contribution in [0.25, 0.3) is 11.0 Å². The van der Waals surface area contributed by atoms with Gasteiger partial charge in [-0.3, -0.25) is 4.99 Å². The zero-order valence-electron chi connectivity index (χ0n) is 15.8. The van der Waals surface area contributed by atoms with Crippen LogP contribution in [0.5, 0.6) is 5.75 Å². The first-order valence-corrected chi connectivity index (χ1v) is 7.58. The summed E-state index contributed by atoms with van der Waals surface area (Å²) in [5, 5.41) is 16.2. The van der Waals surface area contributed by atoms with Crippen molar-refractivity contribution in [3.8, 4) is 5.75 Å². The monoisotopic (exact) mass is 454 g/mol. The predicted octanol–water partition coefficient (Wildman–Crippen LogP) is 2.01. The maximum absolute atomic E-state index is 11.8. The van der Waals surface area contributed by atoms with Crippen molar-refractivity contribution in [1.29, 1.82) is 0 Å². The van der Waals surface area contributed by atoms with Crippen LogP contribution in [0.15, 0.2) is 56.7 Å². The van der Waals surface area contributed by atoms with Crippen LogP contribution >= 0.6 is 0 Å². The van der Waals surface area contributed by atoms with Gasteiger partial charge >= 0.3 is 31.1 Å². The van der Waals surface area contributed by atoms with Crippen molar-refractivity contribution in [3.05, 3.63) is 69.6 Å². The topological polar surface area (TPSA) is 195 Å². The van der Waals surface area contributed by atoms with Crippen molar-refractivity contribution in [2.24, 2.45) is 4.99 Å². The van der Waals surface area contributed by atoms with Crippen LogP contribution in [0, 0.1) is 6.92 Å². The van der Waals surface area contributed by atoms with Crippen molar-refractivity contribution in [3.63, 3.8) is 0 Å². The van der Waals surface area contributed by atoms with Gasteiger partial charge in [-0.2, -0.15) is 0 Å². The molecule has 1 heterocycles. The van der Waals surface area contributed by atoms with Gasteiger partial charge in [0, 0.05) is 22.3 Å². The molecule has 150 valence electrons. The van der Waals surface area contributed by atoms with Gasteiger partial charge < -0.3 is 31.1 Å². The van der Waals surface area contributed by atoms with Crippen LogP contribution in [0.1, 0.15) is 28.4 Å². The molecular weight excluding hydrogens is 436 g/mol. The first kappa shape index (κ1) is 28.3. The minimum atomic E-state index is -0.835. The standard InChI is InChI=1S/C19H15NO5.3H2O.Zn/c1-10-9-16(22)25-18-12(10)7-8-15(21)17(18)11(2)20-14-6-4-3-5-13(14)19(23)24;;;;/h3-9,21H,1-2H3,(H,23,24);3*1H2;/q;;;;+2/p-1. The molecule has 1 aromatic heterocycles. The van der Waals surface area contributed by atoms with Crippen molar-refractivity contribution < 1.29 is 55.3 Å². The number of carbonyl (C=O) groups excluding carboxylic acids is 1. The number of nitrogens with zero attached hydrogens (tertiary/aromatic N) is 1. The number of para-hydroxylation sites is 1. The van der Waals surface area contributed by atoms with Gasteiger partial charge in [0.2, 0.25) is 0 Å². The fourth-order valence-corrected chi connectivity index (χ4v) is 2.74. The Morgan fingerprint density at radius 3 is 2.31 bits per heavy atom. The molecule has 3 rings (SSSR count). The summed E-state index contributed by atoms with van der Waals surface area (Å²) in [6.07, 6.45) is 0. The third-order valence-electron chi connectivity index (χ3n) is 3.92. The van der Waals surface area contributed by atoms with Gasteiger partial charge in [0.1, 0.15) is 11.1 Å². The molecule has 9 nitrogen and oxygen atoms in total. The summed E-state index contributed by atoms with van der Waals surface area (Å²) in [6.45, 7) is 3.48. The van der Waals surface area contributed by atoms with E-state index >= 15 is 0 Å². The molecule has 2 aromatic carbocycles. The second-order valence-corrected chi connectivity index (χ2v) is 5.66. The Morgan fingerprint density at radius 2 is 1.69 bits per heavy atom. The van der Waals surface area contributed by atoms with Crippen molar-refractivity contribution in [1.82, 2.24) is 0 Å². The molecule has 29 heavy (non-hydrogen) atoms. The minimum Gasteiger partial charge on any atom is -0.870 e. The quantitative estimate of drug-likeness (QED) is 0.250. The van der Waals surface area contributed by atoms with E-state index in [1.165, 1.54) is 12.1 Å². The summed E-state index contributed by atoms with van der Waals surface area (Å²) in [5.74, 6) is -0.671. The molecule has 3 aromatic rings. The fraction of sp³-hybridized carbons (Fsp3) is 0.105. The summed E-state index contributed by atoms with van der Waals surface area (Å²) < 4.78 is 5.33. The molecule has 0 amide bonds. The molecule has 0 aliphatic rings. The van der Waals surface area contributed by atoms with E-state index in [-0.39, 0.29) is 47.2 Å². The molecular formula is C19H20NO8Zn+. The van der Waals surface area contributed by atoms with E-state index in [0.717, 1.165) is 10.9 Å². The molecule has 10 heteroatoms. The van der Waals surface area contributed by atoms with E-state index < -0.39 is 11.6 Å². The second-order valence-electron chi connectivity index (χ2n) is 5.66. The van der Waals surface area contributed by atoms with E-state index in [4.69, 9.17) is 14.6 Å². The van der Waals surface area contributed by atoms with Gasteiger partial charge in [0.05, 0.1) is 11.4 Å². The molecule has 0 bridgehead atoms. The van der Waals surface area contributed by atoms with Crippen LogP contribution in [0.2, 0.25) is 0 Å². The van der Waals surface area contributed by atoms with Gasteiger partial charge in [-0.25, -0.2) is 4.79 Å².